The van der Waals surface area contributed by atoms with Gasteiger partial charge in [-0.1, -0.05) is 0 Å². The first-order chi connectivity index (χ1) is 5.86. The van der Waals surface area contributed by atoms with E-state index < -0.39 is 5.92 Å². The van der Waals surface area contributed by atoms with Gasteiger partial charge >= 0.3 is 0 Å². The predicted octanol–water partition coefficient (Wildman–Crippen LogP) is -0.445. The van der Waals surface area contributed by atoms with Crippen LogP contribution in [0, 0.1) is 28.6 Å². The minimum Gasteiger partial charge on any atom is -0.314 e. The van der Waals surface area contributed by atoms with Crippen LogP contribution in [0.25, 0.3) is 0 Å². The van der Waals surface area contributed by atoms with Crippen molar-refractivity contribution in [3.63, 3.8) is 0 Å². The maximum absolute atomic E-state index is 8.54. The minimum atomic E-state index is -0.469. The molecule has 0 saturated carbocycles. The summed E-state index contributed by atoms with van der Waals surface area (Å²) in [6.07, 6.45) is 0. The van der Waals surface area contributed by atoms with Crippen LogP contribution >= 0.6 is 0 Å². The molecule has 0 aromatic carbocycles. The molecule has 1 aliphatic rings. The third-order valence-electron chi connectivity index (χ3n) is 1.96. The molecule has 1 N–H and O–H groups in total. The molecular weight excluding hydrogens is 152 g/mol. The van der Waals surface area contributed by atoms with Crippen molar-refractivity contribution >= 4 is 0 Å². The summed E-state index contributed by atoms with van der Waals surface area (Å²) in [5.41, 5.74) is 0. The number of nitrogens with one attached hydrogen (secondary N) is 1. The molecule has 0 aromatic heterocycles. The molecule has 0 bridgehead atoms. The first-order valence-electron chi connectivity index (χ1n) is 4.09. The fourth-order valence-corrected chi connectivity index (χ4v) is 1.26. The van der Waals surface area contributed by atoms with Crippen LogP contribution in [0.5, 0.6) is 0 Å². The summed E-state index contributed by atoms with van der Waals surface area (Å²) in [7, 11) is 0. The topological polar surface area (TPSA) is 62.9 Å². The zero-order valence-corrected chi connectivity index (χ0v) is 6.95. The van der Waals surface area contributed by atoms with Crippen molar-refractivity contribution in [3.05, 3.63) is 0 Å². The van der Waals surface area contributed by atoms with Crippen molar-refractivity contribution in [2.75, 3.05) is 32.7 Å². The Labute approximate surface area is 72.4 Å². The van der Waals surface area contributed by atoms with E-state index in [-0.39, 0.29) is 0 Å². The second kappa shape index (κ2) is 4.71. The largest absolute Gasteiger partial charge is 0.314 e. The average Bonchev–Trinajstić information content (AvgIpc) is 2.16. The van der Waals surface area contributed by atoms with Gasteiger partial charge in [-0.25, -0.2) is 0 Å². The third-order valence-corrected chi connectivity index (χ3v) is 1.96. The standard InChI is InChI=1S/C8H12N4/c9-5-8(6-10)7-12-3-1-11-2-4-12/h8,11H,1-4,7H2. The first kappa shape index (κ1) is 8.99. The predicted molar refractivity (Wildman–Crippen MR) is 44.0 cm³/mol. The Morgan fingerprint density at radius 1 is 1.25 bits per heavy atom. The fraction of sp³-hybridized carbons (Fsp3) is 0.750. The smallest absolute Gasteiger partial charge is 0.145 e. The molecule has 1 saturated heterocycles. The maximum Gasteiger partial charge on any atom is 0.145 e. The van der Waals surface area contributed by atoms with E-state index in [9.17, 15) is 0 Å². The van der Waals surface area contributed by atoms with Crippen molar-refractivity contribution in [1.29, 1.82) is 10.5 Å². The second-order valence-electron chi connectivity index (χ2n) is 2.86. The Morgan fingerprint density at radius 2 is 1.83 bits per heavy atom. The van der Waals surface area contributed by atoms with E-state index in [1.165, 1.54) is 0 Å². The third kappa shape index (κ3) is 2.50. The van der Waals surface area contributed by atoms with Crippen molar-refractivity contribution in [2.24, 2.45) is 5.92 Å². The molecule has 64 valence electrons. The van der Waals surface area contributed by atoms with E-state index in [0.29, 0.717) is 6.54 Å². The van der Waals surface area contributed by atoms with Gasteiger partial charge in [-0.15, -0.1) is 0 Å². The highest BCUT2D eigenvalue weighted by atomic mass is 15.2. The summed E-state index contributed by atoms with van der Waals surface area (Å²) in [5, 5.41) is 20.3. The van der Waals surface area contributed by atoms with Gasteiger partial charge in [-0.2, -0.15) is 10.5 Å². The molecule has 1 fully saturated rings. The lowest BCUT2D eigenvalue weighted by Crippen LogP contribution is -2.45. The van der Waals surface area contributed by atoms with Crippen LogP contribution in [0.2, 0.25) is 0 Å². The quantitative estimate of drug-likeness (QED) is 0.600. The summed E-state index contributed by atoms with van der Waals surface area (Å²) < 4.78 is 0. The normalized spacial score (nSPS) is 18.6. The van der Waals surface area contributed by atoms with Gasteiger partial charge in [0.05, 0.1) is 12.1 Å². The Balaban J connectivity index is 2.30. The lowest BCUT2D eigenvalue weighted by molar-refractivity contribution is 0.233. The Bertz CT molecular complexity index is 192. The molecule has 0 aliphatic carbocycles. The molecule has 0 unspecified atom stereocenters. The number of nitriles is 2. The number of rotatable bonds is 2. The molecule has 1 rings (SSSR count). The first-order valence-corrected chi connectivity index (χ1v) is 4.09. The molecule has 1 heterocycles. The van der Waals surface area contributed by atoms with Crippen molar-refractivity contribution in [3.8, 4) is 12.1 Å². The summed E-state index contributed by atoms with van der Waals surface area (Å²) in [5.74, 6) is -0.469. The molecule has 0 atom stereocenters. The molecule has 0 radical (unpaired) electrons. The van der Waals surface area contributed by atoms with E-state index in [4.69, 9.17) is 10.5 Å². The number of hydrogen-bond donors (Lipinski definition) is 1. The Morgan fingerprint density at radius 3 is 2.33 bits per heavy atom. The van der Waals surface area contributed by atoms with E-state index in [2.05, 4.69) is 10.2 Å². The van der Waals surface area contributed by atoms with Crippen LogP contribution in [0.4, 0.5) is 0 Å². The lowest BCUT2D eigenvalue weighted by atomic mass is 10.2. The van der Waals surface area contributed by atoms with E-state index >= 15 is 0 Å². The van der Waals surface area contributed by atoms with Crippen LogP contribution in [0.3, 0.4) is 0 Å². The zero-order chi connectivity index (χ0) is 8.81. The Hall–Kier alpha value is -1.10. The summed E-state index contributed by atoms with van der Waals surface area (Å²) >= 11 is 0. The van der Waals surface area contributed by atoms with Crippen LogP contribution in [0.15, 0.2) is 0 Å². The molecular formula is C8H12N4. The highest BCUT2D eigenvalue weighted by molar-refractivity contribution is 5.00. The molecule has 0 aromatic rings. The number of piperazine rings is 1. The van der Waals surface area contributed by atoms with Gasteiger partial charge in [0.15, 0.2) is 0 Å². The van der Waals surface area contributed by atoms with Crippen LogP contribution < -0.4 is 5.32 Å². The van der Waals surface area contributed by atoms with Gasteiger partial charge in [-0.3, -0.25) is 4.90 Å². The fourth-order valence-electron chi connectivity index (χ4n) is 1.26. The van der Waals surface area contributed by atoms with Crippen molar-refractivity contribution in [1.82, 2.24) is 10.2 Å². The molecule has 0 spiro atoms. The van der Waals surface area contributed by atoms with E-state index in [1.54, 1.807) is 0 Å². The van der Waals surface area contributed by atoms with Gasteiger partial charge in [-0.05, 0) is 0 Å². The van der Waals surface area contributed by atoms with E-state index in [0.717, 1.165) is 26.2 Å². The molecule has 0 amide bonds. The van der Waals surface area contributed by atoms with Crippen LogP contribution in [-0.4, -0.2) is 37.6 Å². The second-order valence-corrected chi connectivity index (χ2v) is 2.86. The van der Waals surface area contributed by atoms with Gasteiger partial charge < -0.3 is 5.32 Å². The van der Waals surface area contributed by atoms with Crippen molar-refractivity contribution in [2.45, 2.75) is 0 Å². The highest BCUT2D eigenvalue weighted by Gasteiger charge is 2.14. The van der Waals surface area contributed by atoms with Gasteiger partial charge in [0.25, 0.3) is 0 Å². The SMILES string of the molecule is N#CC(C#N)CN1CCNCC1. The Kier molecular flexibility index (Phi) is 3.53. The van der Waals surface area contributed by atoms with Crippen molar-refractivity contribution < 1.29 is 0 Å². The molecule has 1 aliphatic heterocycles. The number of nitrogens with zero attached hydrogens (tertiary/aromatic N) is 3. The number of hydrogen-bond acceptors (Lipinski definition) is 4. The van der Waals surface area contributed by atoms with Crippen LogP contribution in [0.1, 0.15) is 0 Å². The maximum atomic E-state index is 8.54. The monoisotopic (exact) mass is 164 g/mol. The highest BCUT2D eigenvalue weighted by Crippen LogP contribution is 1.99. The minimum absolute atomic E-state index is 0.469. The summed E-state index contributed by atoms with van der Waals surface area (Å²) in [6, 6.07) is 3.95. The lowest BCUT2D eigenvalue weighted by Gasteiger charge is -2.27. The summed E-state index contributed by atoms with van der Waals surface area (Å²) in [6.45, 7) is 4.40. The molecule has 4 nitrogen and oxygen atoms in total. The van der Waals surface area contributed by atoms with Gasteiger partial charge in [0.1, 0.15) is 5.92 Å². The van der Waals surface area contributed by atoms with Gasteiger partial charge in [0.2, 0.25) is 0 Å². The zero-order valence-electron chi connectivity index (χ0n) is 6.95. The van der Waals surface area contributed by atoms with Crippen LogP contribution in [-0.2, 0) is 0 Å². The molecule has 12 heavy (non-hydrogen) atoms. The summed E-state index contributed by atoms with van der Waals surface area (Å²) in [4.78, 5) is 2.15. The van der Waals surface area contributed by atoms with E-state index in [1.807, 2.05) is 12.1 Å². The molecule has 4 heteroatoms. The van der Waals surface area contributed by atoms with Gasteiger partial charge in [0, 0.05) is 32.7 Å². The average molecular weight is 164 g/mol.